The van der Waals surface area contributed by atoms with Crippen LogP contribution >= 0.6 is 0 Å². The Morgan fingerprint density at radius 2 is 1.09 bits per heavy atom. The highest BCUT2D eigenvalue weighted by Crippen LogP contribution is 2.23. The van der Waals surface area contributed by atoms with Crippen LogP contribution in [0.25, 0.3) is 10.9 Å². The molecule has 0 unspecified atom stereocenters. The Bertz CT molecular complexity index is 3730. The molecule has 1 aromatic heterocycles. The van der Waals surface area contributed by atoms with Crippen molar-refractivity contribution < 1.29 is 102 Å². The topological polar surface area (TPSA) is 610 Å². The summed E-state index contributed by atoms with van der Waals surface area (Å²) in [7, 11) is 2.52. The van der Waals surface area contributed by atoms with Crippen LogP contribution in [-0.4, -0.2) is 255 Å². The average Bonchev–Trinajstić information content (AvgIpc) is 1.60. The number of aliphatic hydroxyl groups is 3. The molecule has 0 bridgehead atoms. The number of hydrogen-bond donors (Lipinski definition) is 19. The fraction of sp³-hybridized carbons (Fsp3) is 0.595. The number of carbonyl (C=O) groups excluding carboxylic acids is 15. The molecule has 0 saturated carbocycles. The predicted octanol–water partition coefficient (Wildman–Crippen LogP) is -4.63. The first-order valence-electron chi connectivity index (χ1n) is 37.4. The van der Waals surface area contributed by atoms with Crippen LogP contribution in [0.15, 0.2) is 60.8 Å². The molecule has 2 heterocycles. The largest absolute Gasteiger partial charge is 0.481 e. The lowest BCUT2D eigenvalue weighted by Gasteiger charge is -2.34. The number of carbonyl (C=O) groups is 16. The van der Waals surface area contributed by atoms with Crippen LogP contribution in [0.5, 0.6) is 0 Å². The number of nitrogens with one attached hydrogen (secondary N) is 11. The number of cyclic esters (lactones) is 1. The highest BCUT2D eigenvalue weighted by molar-refractivity contribution is 6.01. The number of H-pyrrole nitrogens is 1. The molecule has 112 heavy (non-hydrogen) atoms. The molecule has 23 N–H and O–H groups in total. The number of para-hydroxylation sites is 1. The van der Waals surface area contributed by atoms with Crippen molar-refractivity contribution in [3.63, 3.8) is 0 Å². The Labute approximate surface area is 649 Å². The molecule has 0 spiro atoms. The lowest BCUT2D eigenvalue weighted by molar-refractivity contribution is -0.162. The van der Waals surface area contributed by atoms with Gasteiger partial charge in [-0.25, -0.2) is 4.79 Å². The maximum Gasteiger partial charge on any atom is 0.329 e. The Morgan fingerprint density at radius 3 is 1.67 bits per heavy atom. The molecule has 38 heteroatoms. The maximum absolute atomic E-state index is 15.1. The van der Waals surface area contributed by atoms with Gasteiger partial charge in [-0.1, -0.05) is 96.5 Å². The number of hydrogen-bond acceptors (Lipinski definition) is 22. The minimum atomic E-state index is -2.56. The fourth-order valence-corrected chi connectivity index (χ4v) is 12.5. The van der Waals surface area contributed by atoms with E-state index in [1.54, 1.807) is 88.5 Å². The summed E-state index contributed by atoms with van der Waals surface area (Å²) < 4.78 is 6.02. The van der Waals surface area contributed by atoms with Crippen LogP contribution in [0.4, 0.5) is 0 Å². The summed E-state index contributed by atoms with van der Waals surface area (Å²) in [6, 6.07) is -3.99. The van der Waals surface area contributed by atoms with E-state index >= 15 is 4.79 Å². The number of primary amides is 2. The number of ether oxygens (including phenoxy) is 1. The molecule has 13 atom stereocenters. The number of aromatic nitrogens is 1. The Balaban J connectivity index is 1.91. The van der Waals surface area contributed by atoms with Gasteiger partial charge in [-0.15, -0.1) is 0 Å². The number of nitrogens with two attached hydrogens (primary N) is 4. The Hall–Kier alpha value is -10.7. The smallest absolute Gasteiger partial charge is 0.329 e. The second-order valence-electron chi connectivity index (χ2n) is 28.9. The number of rotatable bonds is 26. The van der Waals surface area contributed by atoms with Gasteiger partial charge in [0.25, 0.3) is 0 Å². The highest BCUT2D eigenvalue weighted by Gasteiger charge is 2.42. The number of aromatic amines is 1. The third kappa shape index (κ3) is 30.2. The first-order valence-corrected chi connectivity index (χ1v) is 37.4. The van der Waals surface area contributed by atoms with Gasteiger partial charge in [0, 0.05) is 63.4 Å². The van der Waals surface area contributed by atoms with Gasteiger partial charge in [0.05, 0.1) is 26.1 Å². The normalized spacial score (nSPS) is 24.2. The van der Waals surface area contributed by atoms with Gasteiger partial charge in [0.15, 0.2) is 6.10 Å². The Kier molecular flexibility index (Phi) is 39.2. The summed E-state index contributed by atoms with van der Waals surface area (Å²) in [5.41, 5.74) is 24.5. The third-order valence-electron chi connectivity index (χ3n) is 18.6. The molecule has 3 aromatic rings. The second kappa shape index (κ2) is 46.8. The number of carboxylic acid groups (broad SMARTS) is 1. The van der Waals surface area contributed by atoms with Crippen LogP contribution < -0.4 is 76.1 Å². The molecule has 2 aromatic carbocycles. The van der Waals surface area contributed by atoms with Crippen LogP contribution in [0.3, 0.4) is 0 Å². The maximum atomic E-state index is 15.1. The molecule has 620 valence electrons. The van der Waals surface area contributed by atoms with Gasteiger partial charge in [-0.2, -0.15) is 0 Å². The zero-order valence-electron chi connectivity index (χ0n) is 64.6. The monoisotopic (exact) mass is 1580 g/mol. The summed E-state index contributed by atoms with van der Waals surface area (Å²) in [6.45, 7) is 7.46. The van der Waals surface area contributed by atoms with Crippen molar-refractivity contribution in [1.29, 1.82) is 0 Å². The SMILES string of the molecule is CC(C)CCC[C@@H]1CC(=O)N[C@H](CO)C(=O)N[C@@H]([C@H](O)C(N)=O)C(=O)N[C@@H](CO)C(=O)NCCC(=O)N(C)[C@H](Cc2ccccc2)C(=O)N[C@H](CC(C)C)C(=O)N[C@H](CCCN)C(=O)N[C@H](CCC(=O)O)C(=O)N[C@H](CC(N)=O)C(=O)N[C@@H](Cc2c[nH]c3ccccc23)C(=O)N[C@@H](CCCN)C(=O)N(C)[C@H](C(C)C)C(=O)O1. The number of amides is 14. The van der Waals surface area contributed by atoms with Crippen molar-refractivity contribution in [2.45, 2.75) is 217 Å². The van der Waals surface area contributed by atoms with Crippen molar-refractivity contribution >= 4 is 106 Å². The van der Waals surface area contributed by atoms with E-state index in [1.807, 2.05) is 19.2 Å². The van der Waals surface area contributed by atoms with E-state index in [0.717, 1.165) is 9.80 Å². The van der Waals surface area contributed by atoms with Crippen molar-refractivity contribution in [2.75, 3.05) is 46.9 Å². The van der Waals surface area contributed by atoms with Gasteiger partial charge >= 0.3 is 11.9 Å². The van der Waals surface area contributed by atoms with E-state index in [4.69, 9.17) is 27.7 Å². The van der Waals surface area contributed by atoms with E-state index in [0.29, 0.717) is 34.9 Å². The number of likely N-dealkylation sites (N-methyl/N-ethyl adjacent to an activating group) is 2. The van der Waals surface area contributed by atoms with E-state index < -0.39 is 231 Å². The first-order chi connectivity index (χ1) is 52.9. The van der Waals surface area contributed by atoms with Gasteiger partial charge in [0.1, 0.15) is 72.6 Å². The lowest BCUT2D eigenvalue weighted by atomic mass is 9.99. The molecule has 38 nitrogen and oxygen atoms in total. The molecule has 0 radical (unpaired) electrons. The number of carboxylic acids is 1. The van der Waals surface area contributed by atoms with E-state index in [-0.39, 0.29) is 76.3 Å². The van der Waals surface area contributed by atoms with E-state index in [1.165, 1.54) is 14.1 Å². The van der Waals surface area contributed by atoms with Crippen LogP contribution in [0.1, 0.15) is 136 Å². The number of aliphatic carboxylic acids is 1. The fourth-order valence-electron chi connectivity index (χ4n) is 12.5. The lowest BCUT2D eigenvalue weighted by Crippen LogP contribution is -2.63. The minimum Gasteiger partial charge on any atom is -0.481 e. The summed E-state index contributed by atoms with van der Waals surface area (Å²) >= 11 is 0. The van der Waals surface area contributed by atoms with Gasteiger partial charge in [0.2, 0.25) is 82.7 Å². The van der Waals surface area contributed by atoms with Crippen LogP contribution in [0.2, 0.25) is 0 Å². The van der Waals surface area contributed by atoms with Crippen LogP contribution in [-0.2, 0) is 94.3 Å². The molecular weight excluding hydrogens is 1460 g/mol. The Morgan fingerprint density at radius 1 is 0.562 bits per heavy atom. The number of benzene rings is 2. The number of aliphatic hydroxyl groups excluding tert-OH is 3. The summed E-state index contributed by atoms with van der Waals surface area (Å²) in [5, 5.41) is 66.3. The van der Waals surface area contributed by atoms with E-state index in [9.17, 15) is 92.3 Å². The average molecular weight is 1580 g/mol. The zero-order valence-corrected chi connectivity index (χ0v) is 64.6. The molecule has 1 fully saturated rings. The standard InChI is InChI=1S/C74H113N17O21/c1-39(2)17-14-20-44-34-57(95)81-54(38-93)70(107)89-60(62(99)63(78)100)72(109)88-53(37-92)64(101)79-30-27-58(96)90(7)55(32-42-18-10-9-11-19-42)71(108)87-50(31-40(3)4)67(104)82-47(23-15-28-75)65(102)83-48(25-26-59(97)98)66(103)86-52(35-56(77)94)69(106)85-51(33-43-36-80-46-22-13-12-21-45(43)46)68(105)84-49(24-16-29-76)73(110)91(8)61(41(5)6)74(111)112-44/h9-13,18-19,21-22,36,39-41,44,47-55,60-62,80,92-93,99H,14-17,20,23-35,37-38,75-76H2,1-8H3,(H2,77,94)(H2,78,100)(H,79,101)(H,81,95)(H,82,104)(H,83,102)(H,84,105)(H,85,106)(H,86,103)(H,87,108)(H,88,109)(H,89,107)(H,97,98)/t44-,47-,48-,49+,50-,51+,52-,53+,54-,55-,60+,61-,62+/m1/s1. The second-order valence-corrected chi connectivity index (χ2v) is 28.9. The van der Waals surface area contributed by atoms with Crippen molar-refractivity contribution in [3.8, 4) is 0 Å². The van der Waals surface area contributed by atoms with Gasteiger partial charge in [-0.3, -0.25) is 71.9 Å². The zero-order chi connectivity index (χ0) is 83.6. The third-order valence-corrected chi connectivity index (χ3v) is 18.6. The summed E-state index contributed by atoms with van der Waals surface area (Å²) in [6.07, 6.45) is -5.85. The number of fused-ring (bicyclic) bond motifs is 1. The number of nitrogens with zero attached hydrogens (tertiary/aromatic N) is 2. The molecule has 14 amide bonds. The van der Waals surface area contributed by atoms with E-state index in [2.05, 4.69) is 52.8 Å². The highest BCUT2D eigenvalue weighted by atomic mass is 16.5. The first kappa shape index (κ1) is 93.7. The van der Waals surface area contributed by atoms with Crippen molar-refractivity contribution in [2.24, 2.45) is 40.7 Å². The molecule has 1 aliphatic heterocycles. The quantitative estimate of drug-likeness (QED) is 0.0336. The number of esters is 1. The van der Waals surface area contributed by atoms with Gasteiger partial charge < -0.3 is 116 Å². The molecular formula is C74H113N17O21. The van der Waals surface area contributed by atoms with Crippen LogP contribution in [0, 0.1) is 17.8 Å². The molecule has 0 aliphatic carbocycles. The summed E-state index contributed by atoms with van der Waals surface area (Å²) in [5.74, 6) is -19.4. The predicted molar refractivity (Wildman–Crippen MR) is 404 cm³/mol. The van der Waals surface area contributed by atoms with Crippen molar-refractivity contribution in [3.05, 3.63) is 71.9 Å². The summed E-state index contributed by atoms with van der Waals surface area (Å²) in [4.78, 5) is 230. The van der Waals surface area contributed by atoms with Gasteiger partial charge in [-0.05, 0) is 99.4 Å². The molecule has 4 rings (SSSR count). The minimum absolute atomic E-state index is 0.0181. The van der Waals surface area contributed by atoms with Crippen molar-refractivity contribution in [1.82, 2.24) is 68.0 Å². The molecule has 1 saturated heterocycles. The molecule has 1 aliphatic rings.